The van der Waals surface area contributed by atoms with E-state index in [-0.39, 0.29) is 0 Å². The summed E-state index contributed by atoms with van der Waals surface area (Å²) in [5, 5.41) is 0. The number of hydrogen-bond donors (Lipinski definition) is 0. The van der Waals surface area contributed by atoms with Gasteiger partial charge in [0.05, 0.1) is 0 Å². The van der Waals surface area contributed by atoms with Crippen LogP contribution in [0.4, 0.5) is 0 Å². The Hall–Kier alpha value is -7.02. The molecule has 0 nitrogen and oxygen atoms in total. The molecular weight excluding hydrogens is 937 g/mol. The summed E-state index contributed by atoms with van der Waals surface area (Å²) < 4.78 is 0. The van der Waals surface area contributed by atoms with Crippen LogP contribution in [-0.4, -0.2) is 0 Å². The van der Waals surface area contributed by atoms with Gasteiger partial charge in [-0.3, -0.25) is 0 Å². The Balaban J connectivity index is 0.000000439. The normalized spacial score (nSPS) is 9.54. The van der Waals surface area contributed by atoms with E-state index in [1.54, 1.807) is 0 Å². The Morgan fingerprint density at radius 1 is 0.128 bits per heavy atom. The Bertz CT molecular complexity index is 2920. The molecule has 0 heteroatoms. The van der Waals surface area contributed by atoms with Gasteiger partial charge in [-0.2, -0.15) is 0 Å². The van der Waals surface area contributed by atoms with Crippen molar-refractivity contribution < 1.29 is 0 Å². The lowest BCUT2D eigenvalue weighted by atomic mass is 10.0. The minimum absolute atomic E-state index is 1.32. The van der Waals surface area contributed by atoms with E-state index in [9.17, 15) is 0 Å². The van der Waals surface area contributed by atoms with Crippen molar-refractivity contribution in [2.24, 2.45) is 0 Å². The van der Waals surface area contributed by atoms with Gasteiger partial charge < -0.3 is 0 Å². The summed E-state index contributed by atoms with van der Waals surface area (Å²) in [5.41, 5.74) is 32.9. The van der Waals surface area contributed by atoms with Gasteiger partial charge in [0, 0.05) is 0 Å². The fourth-order valence-electron chi connectivity index (χ4n) is 7.99. The molecule has 0 atom stereocenters. The molecule has 0 aliphatic heterocycles. The van der Waals surface area contributed by atoms with Crippen molar-refractivity contribution in [3.8, 4) is 0 Å². The highest BCUT2D eigenvalue weighted by Crippen LogP contribution is 2.16. The van der Waals surface area contributed by atoms with E-state index >= 15 is 0 Å². The second-order valence-corrected chi connectivity index (χ2v) is 21.9. The van der Waals surface area contributed by atoms with E-state index in [2.05, 4.69) is 330 Å². The molecule has 78 heavy (non-hydrogen) atoms. The molecule has 9 rings (SSSR count). The highest BCUT2D eigenvalue weighted by Gasteiger charge is 1.97. The van der Waals surface area contributed by atoms with Crippen molar-refractivity contribution in [2.75, 3.05) is 0 Å². The van der Waals surface area contributed by atoms with Crippen LogP contribution >= 0.6 is 0 Å². The first kappa shape index (κ1) is 69.0. The molecule has 0 heterocycles. The molecule has 0 saturated heterocycles. The van der Waals surface area contributed by atoms with Crippen molar-refractivity contribution in [3.05, 3.63) is 316 Å². The summed E-state index contributed by atoms with van der Waals surface area (Å²) in [5.74, 6) is 0. The number of hydrogen-bond acceptors (Lipinski definition) is 0. The Kier molecular flexibility index (Phi) is 32.6. The molecule has 9 aromatic rings. The standard InChI is InChI=1S/2C10H14.3C9H12.3C8H10.C7H8/c1-7-5-9(3)10(4)6-8(7)2;1-7-5-8(2)10(4)9(3)6-7;1-7-4-8(2)6-9(3)5-7;1-7-4-5-8(2)9(3)6-7;1-7-5-4-6-8(2)9(7)3;1-7-3-5-8(2)6-4-7;1-7-4-3-5-8(2)6-7;1-7-5-3-4-6-8(7)2;1-7-5-3-2-4-6-7/h2*5-6H,1-4H3;3*4-6H,1-3H3;3*3-6H,1-2H3;2-6H,1H3. The van der Waals surface area contributed by atoms with Crippen molar-refractivity contribution in [3.63, 3.8) is 0 Å². The SMILES string of the molecule is Cc1cc(C)c(C)c(C)c1.Cc1cc(C)c(C)cc1C.Cc1cc(C)cc(C)c1.Cc1ccc(C)c(C)c1.Cc1ccc(C)cc1.Cc1cccc(C)c1.Cc1cccc(C)c1C.Cc1ccccc1.Cc1ccccc1C. The summed E-state index contributed by atoms with van der Waals surface area (Å²) in [4.78, 5) is 0. The quantitative estimate of drug-likeness (QED) is 0.142. The Morgan fingerprint density at radius 2 is 0.359 bits per heavy atom. The molecule has 0 N–H and O–H groups in total. The van der Waals surface area contributed by atoms with Crippen LogP contribution in [0, 0.1) is 166 Å². The summed E-state index contributed by atoms with van der Waals surface area (Å²) in [6.07, 6.45) is 0. The first-order valence-electron chi connectivity index (χ1n) is 27.9. The molecule has 0 aliphatic carbocycles. The summed E-state index contributed by atoms with van der Waals surface area (Å²) in [6.45, 7) is 51.2. The van der Waals surface area contributed by atoms with Crippen molar-refractivity contribution in [1.29, 1.82) is 0 Å². The van der Waals surface area contributed by atoms with E-state index in [0.29, 0.717) is 0 Å². The molecular formula is C78H102. The van der Waals surface area contributed by atoms with Gasteiger partial charge in [0.2, 0.25) is 0 Å². The van der Waals surface area contributed by atoms with E-state index in [4.69, 9.17) is 0 Å². The van der Waals surface area contributed by atoms with Gasteiger partial charge in [0.1, 0.15) is 0 Å². The van der Waals surface area contributed by atoms with Gasteiger partial charge in [0.15, 0.2) is 0 Å². The zero-order valence-corrected chi connectivity index (χ0v) is 53.3. The van der Waals surface area contributed by atoms with E-state index in [0.717, 1.165) is 0 Å². The molecule has 0 amide bonds. The molecule has 0 bridgehead atoms. The van der Waals surface area contributed by atoms with Gasteiger partial charge in [-0.05, 0) is 244 Å². The maximum Gasteiger partial charge on any atom is -0.0392 e. The second-order valence-electron chi connectivity index (χ2n) is 21.9. The first-order valence-corrected chi connectivity index (χ1v) is 27.9. The monoisotopic (exact) mass is 1040 g/mol. The van der Waals surface area contributed by atoms with Crippen LogP contribution in [0.25, 0.3) is 0 Å². The maximum atomic E-state index is 2.24. The van der Waals surface area contributed by atoms with Crippen LogP contribution in [0.3, 0.4) is 0 Å². The molecule has 0 spiro atoms. The molecule has 0 unspecified atom stereocenters. The molecule has 9 aromatic carbocycles. The Labute approximate surface area is 479 Å². The lowest BCUT2D eigenvalue weighted by molar-refractivity contribution is 1.23. The van der Waals surface area contributed by atoms with Crippen LogP contribution in [0.5, 0.6) is 0 Å². The van der Waals surface area contributed by atoms with E-state index in [1.807, 2.05) is 18.2 Å². The predicted molar refractivity (Wildman–Crippen MR) is 352 cm³/mol. The predicted octanol–water partition coefficient (Wildman–Crippen LogP) is 22.6. The van der Waals surface area contributed by atoms with Gasteiger partial charge in [-0.1, -0.05) is 238 Å². The van der Waals surface area contributed by atoms with Gasteiger partial charge in [-0.25, -0.2) is 0 Å². The highest BCUT2D eigenvalue weighted by molar-refractivity contribution is 5.37. The van der Waals surface area contributed by atoms with Crippen molar-refractivity contribution in [1.82, 2.24) is 0 Å². The fraction of sp³-hybridized carbons (Fsp3) is 0.308. The third-order valence-electron chi connectivity index (χ3n) is 13.8. The average Bonchev–Trinajstić information content (AvgIpc) is 3.36. The molecule has 0 fully saturated rings. The third-order valence-corrected chi connectivity index (χ3v) is 13.8. The lowest BCUT2D eigenvalue weighted by Crippen LogP contribution is -1.86. The van der Waals surface area contributed by atoms with Crippen LogP contribution in [0.1, 0.15) is 134 Å². The number of rotatable bonds is 0. The molecule has 0 radical (unpaired) electrons. The third kappa shape index (κ3) is 30.1. The smallest absolute Gasteiger partial charge is 0.0392 e. The van der Waals surface area contributed by atoms with Gasteiger partial charge in [-0.15, -0.1) is 0 Å². The topological polar surface area (TPSA) is 0 Å². The molecule has 0 saturated carbocycles. The van der Waals surface area contributed by atoms with Crippen LogP contribution in [-0.2, 0) is 0 Å². The van der Waals surface area contributed by atoms with Crippen LogP contribution in [0.15, 0.2) is 182 Å². The maximum absolute atomic E-state index is 2.24. The Morgan fingerprint density at radius 3 is 0.654 bits per heavy atom. The first-order chi connectivity index (χ1) is 36.6. The van der Waals surface area contributed by atoms with Crippen molar-refractivity contribution in [2.45, 2.75) is 166 Å². The summed E-state index contributed by atoms with van der Waals surface area (Å²) >= 11 is 0. The molecule has 0 aromatic heterocycles. The minimum atomic E-state index is 1.32. The zero-order valence-electron chi connectivity index (χ0n) is 53.3. The van der Waals surface area contributed by atoms with Gasteiger partial charge >= 0.3 is 0 Å². The highest BCUT2D eigenvalue weighted by atomic mass is 14.0. The van der Waals surface area contributed by atoms with Crippen LogP contribution < -0.4 is 0 Å². The van der Waals surface area contributed by atoms with Crippen molar-refractivity contribution >= 4 is 0 Å². The minimum Gasteiger partial charge on any atom is -0.0622 e. The zero-order chi connectivity index (χ0) is 59.1. The number of benzene rings is 9. The largest absolute Gasteiger partial charge is 0.0622 e. The van der Waals surface area contributed by atoms with Gasteiger partial charge in [0.25, 0.3) is 0 Å². The molecule has 0 aliphatic rings. The lowest BCUT2D eigenvalue weighted by Gasteiger charge is -2.04. The number of aryl methyl sites for hydroxylation is 22. The van der Waals surface area contributed by atoms with E-state index in [1.165, 1.54) is 134 Å². The molecule has 414 valence electrons. The fourth-order valence-corrected chi connectivity index (χ4v) is 7.99. The van der Waals surface area contributed by atoms with E-state index < -0.39 is 0 Å². The second kappa shape index (κ2) is 36.9. The summed E-state index contributed by atoms with van der Waals surface area (Å²) in [7, 11) is 0. The average molecular weight is 1040 g/mol. The van der Waals surface area contributed by atoms with Crippen LogP contribution in [0.2, 0.25) is 0 Å². The summed E-state index contributed by atoms with van der Waals surface area (Å²) in [6, 6.07) is 63.9.